The third-order valence-electron chi connectivity index (χ3n) is 5.38. The normalized spacial score (nSPS) is 13.3. The molecule has 1 unspecified atom stereocenters. The molecule has 2 aromatic heterocycles. The van der Waals surface area contributed by atoms with Crippen LogP contribution in [0.1, 0.15) is 22.9 Å². The number of aryl methyl sites for hydroxylation is 1. The van der Waals surface area contributed by atoms with Gasteiger partial charge < -0.3 is 14.8 Å². The lowest BCUT2D eigenvalue weighted by atomic mass is 10.0. The number of rotatable bonds is 6. The van der Waals surface area contributed by atoms with Crippen molar-refractivity contribution in [2.45, 2.75) is 18.9 Å². The molecule has 156 valence electrons. The van der Waals surface area contributed by atoms with Gasteiger partial charge in [-0.3, -0.25) is 9.48 Å². The number of carbonyl (C=O) groups is 1. The van der Waals surface area contributed by atoms with E-state index in [1.54, 1.807) is 10.9 Å². The molecule has 7 heteroatoms. The number of fused-ring (bicyclic) bond motifs is 2. The third kappa shape index (κ3) is 3.94. The standard InChI is InChI=1S/C24H22N4O3/c1-28-24-18(8-5-11-25-24)23(27-28)19(12-16-6-3-2-4-7-16)26-22(29)14-17-9-10-20-21(13-17)31-15-30-20/h2-11,13,19H,12,14-15H2,1H3,(H,26,29). The van der Waals surface area contributed by atoms with Crippen LogP contribution < -0.4 is 14.8 Å². The van der Waals surface area contributed by atoms with Gasteiger partial charge in [0.2, 0.25) is 12.7 Å². The molecule has 1 aliphatic heterocycles. The van der Waals surface area contributed by atoms with Crippen molar-refractivity contribution >= 4 is 16.9 Å². The van der Waals surface area contributed by atoms with Gasteiger partial charge in [0, 0.05) is 18.6 Å². The number of carbonyl (C=O) groups excluding carboxylic acids is 1. The molecular formula is C24H22N4O3. The van der Waals surface area contributed by atoms with Gasteiger partial charge in [0.25, 0.3) is 0 Å². The lowest BCUT2D eigenvalue weighted by Gasteiger charge is -2.18. The second-order valence-electron chi connectivity index (χ2n) is 7.56. The van der Waals surface area contributed by atoms with E-state index in [1.165, 1.54) is 0 Å². The van der Waals surface area contributed by atoms with Gasteiger partial charge in [-0.25, -0.2) is 4.98 Å². The minimum Gasteiger partial charge on any atom is -0.454 e. The Labute approximate surface area is 179 Å². The third-order valence-corrected chi connectivity index (χ3v) is 5.38. The SMILES string of the molecule is Cn1nc(C(Cc2ccccc2)NC(=O)Cc2ccc3c(c2)OCO3)c2cccnc21. The smallest absolute Gasteiger partial charge is 0.231 e. The van der Waals surface area contributed by atoms with Gasteiger partial charge >= 0.3 is 0 Å². The van der Waals surface area contributed by atoms with Gasteiger partial charge in [-0.15, -0.1) is 0 Å². The van der Waals surface area contributed by atoms with E-state index in [1.807, 2.05) is 55.6 Å². The quantitative estimate of drug-likeness (QED) is 0.524. The maximum Gasteiger partial charge on any atom is 0.231 e. The number of ether oxygens (including phenoxy) is 2. The monoisotopic (exact) mass is 414 g/mol. The number of pyridine rings is 1. The van der Waals surface area contributed by atoms with Crippen molar-refractivity contribution in [1.82, 2.24) is 20.1 Å². The maximum absolute atomic E-state index is 13.0. The topological polar surface area (TPSA) is 78.3 Å². The molecule has 0 saturated carbocycles. The molecule has 0 saturated heterocycles. The summed E-state index contributed by atoms with van der Waals surface area (Å²) in [5, 5.41) is 8.82. The van der Waals surface area contributed by atoms with E-state index in [9.17, 15) is 4.79 Å². The Bertz CT molecular complexity index is 1240. The second-order valence-corrected chi connectivity index (χ2v) is 7.56. The first-order chi connectivity index (χ1) is 15.2. The summed E-state index contributed by atoms with van der Waals surface area (Å²) in [6.45, 7) is 0.213. The highest BCUT2D eigenvalue weighted by atomic mass is 16.7. The lowest BCUT2D eigenvalue weighted by molar-refractivity contribution is -0.121. The number of amides is 1. The zero-order valence-corrected chi connectivity index (χ0v) is 17.1. The fourth-order valence-electron chi connectivity index (χ4n) is 3.92. The Morgan fingerprint density at radius 2 is 1.90 bits per heavy atom. The first-order valence-corrected chi connectivity index (χ1v) is 10.2. The Kier molecular flexibility index (Phi) is 5.00. The van der Waals surface area contributed by atoms with Crippen LogP contribution in [-0.4, -0.2) is 27.5 Å². The van der Waals surface area contributed by atoms with Gasteiger partial charge in [-0.05, 0) is 41.8 Å². The van der Waals surface area contributed by atoms with Crippen molar-refractivity contribution in [3.05, 3.63) is 83.7 Å². The van der Waals surface area contributed by atoms with Crippen molar-refractivity contribution in [2.24, 2.45) is 7.05 Å². The molecule has 1 atom stereocenters. The molecule has 1 aliphatic rings. The van der Waals surface area contributed by atoms with Crippen molar-refractivity contribution < 1.29 is 14.3 Å². The molecular weight excluding hydrogens is 392 g/mol. The number of nitrogens with one attached hydrogen (secondary N) is 1. The van der Waals surface area contributed by atoms with Crippen LogP contribution in [-0.2, 0) is 24.7 Å². The summed E-state index contributed by atoms with van der Waals surface area (Å²) in [4.78, 5) is 17.4. The molecule has 4 aromatic rings. The van der Waals surface area contributed by atoms with Crippen LogP contribution in [0, 0.1) is 0 Å². The minimum atomic E-state index is -0.281. The highest BCUT2D eigenvalue weighted by molar-refractivity contribution is 5.82. The number of benzene rings is 2. The Morgan fingerprint density at radius 1 is 1.06 bits per heavy atom. The van der Waals surface area contributed by atoms with E-state index in [0.29, 0.717) is 17.9 Å². The summed E-state index contributed by atoms with van der Waals surface area (Å²) in [6, 6.07) is 19.3. The van der Waals surface area contributed by atoms with E-state index < -0.39 is 0 Å². The molecule has 0 aliphatic carbocycles. The van der Waals surface area contributed by atoms with E-state index >= 15 is 0 Å². The number of nitrogens with zero attached hydrogens (tertiary/aromatic N) is 3. The van der Waals surface area contributed by atoms with Crippen LogP contribution in [0.4, 0.5) is 0 Å². The summed E-state index contributed by atoms with van der Waals surface area (Å²) in [6.07, 6.45) is 2.62. The number of aromatic nitrogens is 3. The van der Waals surface area contributed by atoms with Crippen molar-refractivity contribution in [3.63, 3.8) is 0 Å². The van der Waals surface area contributed by atoms with Crippen LogP contribution in [0.25, 0.3) is 11.0 Å². The molecule has 1 amide bonds. The molecule has 0 spiro atoms. The van der Waals surface area contributed by atoms with E-state index in [0.717, 1.165) is 27.9 Å². The molecule has 2 aromatic carbocycles. The van der Waals surface area contributed by atoms with Gasteiger partial charge in [-0.1, -0.05) is 36.4 Å². The second kappa shape index (κ2) is 8.10. The van der Waals surface area contributed by atoms with Crippen molar-refractivity contribution in [1.29, 1.82) is 0 Å². The van der Waals surface area contributed by atoms with Crippen LogP contribution in [0.2, 0.25) is 0 Å². The van der Waals surface area contributed by atoms with Crippen LogP contribution >= 0.6 is 0 Å². The molecule has 31 heavy (non-hydrogen) atoms. The average Bonchev–Trinajstić information content (AvgIpc) is 3.38. The Morgan fingerprint density at radius 3 is 2.77 bits per heavy atom. The Balaban J connectivity index is 1.42. The summed E-state index contributed by atoms with van der Waals surface area (Å²) in [5.41, 5.74) is 3.60. The highest BCUT2D eigenvalue weighted by Gasteiger charge is 2.23. The number of hydrogen-bond donors (Lipinski definition) is 1. The van der Waals surface area contributed by atoms with Crippen LogP contribution in [0.3, 0.4) is 0 Å². The first kappa shape index (κ1) is 19.1. The lowest BCUT2D eigenvalue weighted by Crippen LogP contribution is -2.31. The van der Waals surface area contributed by atoms with Crippen molar-refractivity contribution in [3.8, 4) is 11.5 Å². The minimum absolute atomic E-state index is 0.0810. The maximum atomic E-state index is 13.0. The molecule has 0 radical (unpaired) electrons. The van der Waals surface area contributed by atoms with Gasteiger partial charge in [0.15, 0.2) is 17.1 Å². The predicted molar refractivity (Wildman–Crippen MR) is 116 cm³/mol. The summed E-state index contributed by atoms with van der Waals surface area (Å²) in [5.74, 6) is 1.30. The van der Waals surface area contributed by atoms with E-state index in [-0.39, 0.29) is 25.2 Å². The van der Waals surface area contributed by atoms with Gasteiger partial charge in [0.1, 0.15) is 0 Å². The zero-order valence-electron chi connectivity index (χ0n) is 17.1. The number of hydrogen-bond acceptors (Lipinski definition) is 5. The van der Waals surface area contributed by atoms with E-state index in [2.05, 4.69) is 22.4 Å². The molecule has 3 heterocycles. The fraction of sp³-hybridized carbons (Fsp3) is 0.208. The van der Waals surface area contributed by atoms with Crippen LogP contribution in [0.5, 0.6) is 11.5 Å². The zero-order chi connectivity index (χ0) is 21.2. The summed E-state index contributed by atoms with van der Waals surface area (Å²) >= 11 is 0. The first-order valence-electron chi connectivity index (χ1n) is 10.2. The summed E-state index contributed by atoms with van der Waals surface area (Å²) < 4.78 is 12.5. The predicted octanol–water partition coefficient (Wildman–Crippen LogP) is 3.34. The molecule has 0 fully saturated rings. The molecule has 1 N–H and O–H groups in total. The largest absolute Gasteiger partial charge is 0.454 e. The Hall–Kier alpha value is -3.87. The molecule has 7 nitrogen and oxygen atoms in total. The highest BCUT2D eigenvalue weighted by Crippen LogP contribution is 2.32. The van der Waals surface area contributed by atoms with Gasteiger partial charge in [0.05, 0.1) is 18.2 Å². The van der Waals surface area contributed by atoms with E-state index in [4.69, 9.17) is 14.6 Å². The van der Waals surface area contributed by atoms with Crippen molar-refractivity contribution in [2.75, 3.05) is 6.79 Å². The van der Waals surface area contributed by atoms with Crippen LogP contribution in [0.15, 0.2) is 66.9 Å². The molecule has 5 rings (SSSR count). The average molecular weight is 414 g/mol. The van der Waals surface area contributed by atoms with Gasteiger partial charge in [-0.2, -0.15) is 5.10 Å². The fourth-order valence-corrected chi connectivity index (χ4v) is 3.92. The molecule has 0 bridgehead atoms. The summed E-state index contributed by atoms with van der Waals surface area (Å²) in [7, 11) is 1.87.